The lowest BCUT2D eigenvalue weighted by atomic mass is 9.92. The van der Waals surface area contributed by atoms with E-state index in [4.69, 9.17) is 16.3 Å². The van der Waals surface area contributed by atoms with Gasteiger partial charge in [0.1, 0.15) is 11.4 Å². The van der Waals surface area contributed by atoms with Crippen molar-refractivity contribution in [2.75, 3.05) is 11.9 Å². The second-order valence-corrected chi connectivity index (χ2v) is 8.24. The van der Waals surface area contributed by atoms with Gasteiger partial charge in [-0.3, -0.25) is 4.79 Å². The summed E-state index contributed by atoms with van der Waals surface area (Å²) < 4.78 is 6.16. The van der Waals surface area contributed by atoms with Crippen LogP contribution >= 0.6 is 22.9 Å². The van der Waals surface area contributed by atoms with Gasteiger partial charge in [0.2, 0.25) is 0 Å². The minimum Gasteiger partial charge on any atom is -0.482 e. The van der Waals surface area contributed by atoms with E-state index < -0.39 is 5.60 Å². The SMILES string of the molecule is CN(C(=O)c1cc2c(s1)-c1ccccc1OC2(C)C)c1ccccc1Cl. The fourth-order valence-electron chi connectivity index (χ4n) is 3.22. The summed E-state index contributed by atoms with van der Waals surface area (Å²) in [5.74, 6) is 0.774. The Hall–Kier alpha value is -2.30. The number of hydrogen-bond donors (Lipinski definition) is 0. The molecule has 5 heteroatoms. The molecule has 0 aliphatic carbocycles. The van der Waals surface area contributed by atoms with Crippen molar-refractivity contribution < 1.29 is 9.53 Å². The minimum absolute atomic E-state index is 0.0780. The highest BCUT2D eigenvalue weighted by molar-refractivity contribution is 7.17. The molecule has 3 nitrogen and oxygen atoms in total. The molecule has 1 aliphatic heterocycles. The van der Waals surface area contributed by atoms with Crippen LogP contribution < -0.4 is 9.64 Å². The third kappa shape index (κ3) is 2.70. The fraction of sp³-hybridized carbons (Fsp3) is 0.190. The van der Waals surface area contributed by atoms with Crippen LogP contribution in [0, 0.1) is 0 Å². The Kier molecular flexibility index (Phi) is 4.05. The molecular formula is C21H18ClNO2S. The number of hydrogen-bond acceptors (Lipinski definition) is 3. The van der Waals surface area contributed by atoms with Crippen LogP contribution in [0.5, 0.6) is 5.75 Å². The summed E-state index contributed by atoms with van der Waals surface area (Å²) in [7, 11) is 1.75. The highest BCUT2D eigenvalue weighted by atomic mass is 35.5. The number of benzene rings is 2. The fourth-order valence-corrected chi connectivity index (χ4v) is 4.79. The van der Waals surface area contributed by atoms with E-state index in [1.807, 2.05) is 62.4 Å². The summed E-state index contributed by atoms with van der Waals surface area (Å²) in [6.45, 7) is 4.06. The molecule has 132 valence electrons. The van der Waals surface area contributed by atoms with Gasteiger partial charge in [0, 0.05) is 23.1 Å². The smallest absolute Gasteiger partial charge is 0.268 e. The Morgan fingerprint density at radius 2 is 1.81 bits per heavy atom. The van der Waals surface area contributed by atoms with Gasteiger partial charge in [-0.25, -0.2) is 0 Å². The molecule has 0 unspecified atom stereocenters. The number of fused-ring (bicyclic) bond motifs is 3. The molecule has 0 fully saturated rings. The van der Waals surface area contributed by atoms with Crippen LogP contribution in [0.15, 0.2) is 54.6 Å². The van der Waals surface area contributed by atoms with Crippen molar-refractivity contribution in [1.29, 1.82) is 0 Å². The number of amides is 1. The number of anilines is 1. The first-order valence-electron chi connectivity index (χ1n) is 8.34. The van der Waals surface area contributed by atoms with E-state index in [0.29, 0.717) is 15.6 Å². The predicted molar refractivity (Wildman–Crippen MR) is 108 cm³/mol. The van der Waals surface area contributed by atoms with Crippen molar-refractivity contribution in [3.63, 3.8) is 0 Å². The summed E-state index contributed by atoms with van der Waals surface area (Å²) in [5.41, 5.74) is 2.28. The maximum atomic E-state index is 13.1. The maximum Gasteiger partial charge on any atom is 0.268 e. The zero-order chi connectivity index (χ0) is 18.5. The van der Waals surface area contributed by atoms with Gasteiger partial charge in [0.05, 0.1) is 15.6 Å². The van der Waals surface area contributed by atoms with Gasteiger partial charge in [0.25, 0.3) is 5.91 Å². The van der Waals surface area contributed by atoms with E-state index in [1.165, 1.54) is 11.3 Å². The monoisotopic (exact) mass is 383 g/mol. The van der Waals surface area contributed by atoms with E-state index in [-0.39, 0.29) is 5.91 Å². The minimum atomic E-state index is -0.484. The van der Waals surface area contributed by atoms with Gasteiger partial charge >= 0.3 is 0 Å². The van der Waals surface area contributed by atoms with Gasteiger partial charge in [0.15, 0.2) is 0 Å². The zero-order valence-electron chi connectivity index (χ0n) is 14.7. The Morgan fingerprint density at radius 3 is 2.58 bits per heavy atom. The van der Waals surface area contributed by atoms with Crippen molar-refractivity contribution in [2.24, 2.45) is 0 Å². The largest absolute Gasteiger partial charge is 0.482 e. The Morgan fingerprint density at radius 1 is 1.12 bits per heavy atom. The zero-order valence-corrected chi connectivity index (χ0v) is 16.3. The summed E-state index contributed by atoms with van der Waals surface area (Å²) in [6.07, 6.45) is 0. The molecule has 1 amide bonds. The Bertz CT molecular complexity index is 1010. The third-order valence-electron chi connectivity index (χ3n) is 4.61. The van der Waals surface area contributed by atoms with Gasteiger partial charge in [-0.2, -0.15) is 0 Å². The molecule has 26 heavy (non-hydrogen) atoms. The van der Waals surface area contributed by atoms with Crippen molar-refractivity contribution in [3.8, 4) is 16.2 Å². The van der Waals surface area contributed by atoms with E-state index >= 15 is 0 Å². The summed E-state index contributed by atoms with van der Waals surface area (Å²) in [5, 5.41) is 0.554. The molecule has 1 aliphatic rings. The van der Waals surface area contributed by atoms with Crippen molar-refractivity contribution in [2.45, 2.75) is 19.4 Å². The average Bonchev–Trinajstić information content (AvgIpc) is 3.07. The number of carbonyl (C=O) groups excluding carboxylic acids is 1. The first kappa shape index (κ1) is 17.1. The first-order chi connectivity index (χ1) is 12.4. The lowest BCUT2D eigenvalue weighted by Gasteiger charge is -2.32. The van der Waals surface area contributed by atoms with Crippen molar-refractivity contribution in [3.05, 3.63) is 70.1 Å². The van der Waals surface area contributed by atoms with Crippen LogP contribution in [0.2, 0.25) is 5.02 Å². The van der Waals surface area contributed by atoms with Crippen LogP contribution in [0.25, 0.3) is 10.4 Å². The number of thiophene rings is 1. The van der Waals surface area contributed by atoms with Gasteiger partial charge in [-0.15, -0.1) is 11.3 Å². The van der Waals surface area contributed by atoms with Crippen LogP contribution in [0.3, 0.4) is 0 Å². The van der Waals surface area contributed by atoms with E-state index in [9.17, 15) is 4.79 Å². The maximum absolute atomic E-state index is 13.1. The lowest BCUT2D eigenvalue weighted by Crippen LogP contribution is -2.28. The number of rotatable bonds is 2. The molecule has 0 N–H and O–H groups in total. The highest BCUT2D eigenvalue weighted by Crippen LogP contribution is 2.49. The predicted octanol–water partition coefficient (Wildman–Crippen LogP) is 5.97. The van der Waals surface area contributed by atoms with E-state index in [2.05, 4.69) is 0 Å². The van der Waals surface area contributed by atoms with Crippen molar-refractivity contribution in [1.82, 2.24) is 0 Å². The number of para-hydroxylation sites is 2. The van der Waals surface area contributed by atoms with Crippen LogP contribution in [0.1, 0.15) is 29.1 Å². The quantitative estimate of drug-likeness (QED) is 0.545. The lowest BCUT2D eigenvalue weighted by molar-refractivity contribution is 0.0994. The third-order valence-corrected chi connectivity index (χ3v) is 6.08. The van der Waals surface area contributed by atoms with Crippen LogP contribution in [-0.2, 0) is 5.60 Å². The van der Waals surface area contributed by atoms with E-state index in [0.717, 1.165) is 21.8 Å². The Labute approximate surface area is 161 Å². The van der Waals surface area contributed by atoms with Gasteiger partial charge in [-0.1, -0.05) is 35.9 Å². The number of ether oxygens (including phenoxy) is 1. The average molecular weight is 384 g/mol. The van der Waals surface area contributed by atoms with Gasteiger partial charge in [-0.05, 0) is 44.2 Å². The first-order valence-corrected chi connectivity index (χ1v) is 9.53. The molecule has 1 aromatic heterocycles. The second-order valence-electron chi connectivity index (χ2n) is 6.78. The number of nitrogens with zero attached hydrogens (tertiary/aromatic N) is 1. The molecule has 0 bridgehead atoms. The molecule has 3 aromatic rings. The number of carbonyl (C=O) groups is 1. The summed E-state index contributed by atoms with van der Waals surface area (Å²) in [6, 6.07) is 17.3. The molecule has 0 spiro atoms. The molecule has 0 saturated carbocycles. The summed E-state index contributed by atoms with van der Waals surface area (Å²) in [4.78, 5) is 16.4. The molecule has 4 rings (SSSR count). The standard InChI is InChI=1S/C21H18ClNO2S/c1-21(2)14-12-18(20(24)23(3)16-10-6-5-9-15(16)22)26-19(14)13-8-4-7-11-17(13)25-21/h4-12H,1-3H3. The Balaban J connectivity index is 1.78. The normalized spacial score (nSPS) is 14.2. The highest BCUT2D eigenvalue weighted by Gasteiger charge is 2.35. The second kappa shape index (κ2) is 6.15. The van der Waals surface area contributed by atoms with Crippen LogP contribution in [0.4, 0.5) is 5.69 Å². The van der Waals surface area contributed by atoms with Crippen molar-refractivity contribution >= 4 is 34.5 Å². The van der Waals surface area contributed by atoms with Gasteiger partial charge < -0.3 is 9.64 Å². The molecule has 2 heterocycles. The summed E-state index contributed by atoms with van der Waals surface area (Å²) >= 11 is 7.76. The topological polar surface area (TPSA) is 29.5 Å². The van der Waals surface area contributed by atoms with Crippen LogP contribution in [-0.4, -0.2) is 13.0 Å². The molecule has 0 radical (unpaired) electrons. The van der Waals surface area contributed by atoms with E-state index in [1.54, 1.807) is 18.0 Å². The molecule has 0 atom stereocenters. The number of halogens is 1. The molecule has 0 saturated heterocycles. The molecular weight excluding hydrogens is 366 g/mol. The molecule has 2 aromatic carbocycles.